The highest BCUT2D eigenvalue weighted by atomic mass is 35.5. The number of nitrogens with two attached hydrogens (primary N) is 1. The van der Waals surface area contributed by atoms with Crippen LogP contribution < -0.4 is 5.84 Å². The van der Waals surface area contributed by atoms with Crippen LogP contribution in [-0.4, -0.2) is 26.1 Å². The standard InChI is InChI=1S/C20H19ClF3N5/c1-12(27-9-6-10-28(27)25)15-11-16(21)18-19(20(22,23)24)26-13(2)29(18)17(15)14-7-4-3-5-8-14/h3-9,11-12H,10,25H2,1-2H3. The van der Waals surface area contributed by atoms with Crippen molar-refractivity contribution in [1.82, 2.24) is 19.5 Å². The van der Waals surface area contributed by atoms with E-state index in [1.165, 1.54) is 4.40 Å². The molecule has 1 aromatic carbocycles. The van der Waals surface area contributed by atoms with Crippen molar-refractivity contribution in [2.45, 2.75) is 26.1 Å². The first kappa shape index (κ1) is 19.8. The topological polar surface area (TPSA) is 49.8 Å². The average molecular weight is 422 g/mol. The van der Waals surface area contributed by atoms with E-state index in [0.717, 1.165) is 11.1 Å². The molecule has 3 aromatic rings. The summed E-state index contributed by atoms with van der Waals surface area (Å²) >= 11 is 6.39. The number of halogens is 4. The van der Waals surface area contributed by atoms with Gasteiger partial charge in [0, 0.05) is 11.8 Å². The molecular weight excluding hydrogens is 403 g/mol. The van der Waals surface area contributed by atoms with Crippen LogP contribution >= 0.6 is 11.6 Å². The second kappa shape index (κ2) is 7.05. The third-order valence-electron chi connectivity index (χ3n) is 5.06. The molecule has 0 saturated heterocycles. The molecule has 0 spiro atoms. The summed E-state index contributed by atoms with van der Waals surface area (Å²) in [4.78, 5) is 3.81. The fourth-order valence-electron chi connectivity index (χ4n) is 3.77. The SMILES string of the molecule is Cc1nc(C(F)(F)F)c2c(Cl)cc(C(C)N3C=CCN3N)c(-c3ccccc3)n12. The molecule has 0 fully saturated rings. The van der Waals surface area contributed by atoms with Gasteiger partial charge in [0.25, 0.3) is 0 Å². The number of aryl methyl sites for hydroxylation is 1. The first-order chi connectivity index (χ1) is 13.7. The molecular formula is C20H19ClF3N5. The number of nitrogens with zero attached hydrogens (tertiary/aromatic N) is 4. The van der Waals surface area contributed by atoms with Crippen molar-refractivity contribution in [3.05, 3.63) is 70.8 Å². The second-order valence-electron chi connectivity index (χ2n) is 6.91. The Hall–Kier alpha value is -2.55. The largest absolute Gasteiger partial charge is 0.435 e. The third kappa shape index (κ3) is 3.27. The summed E-state index contributed by atoms with van der Waals surface area (Å²) in [5.74, 6) is 6.26. The van der Waals surface area contributed by atoms with Crippen LogP contribution in [-0.2, 0) is 6.18 Å². The number of rotatable bonds is 3. The second-order valence-corrected chi connectivity index (χ2v) is 7.32. The fourth-order valence-corrected chi connectivity index (χ4v) is 4.06. The summed E-state index contributed by atoms with van der Waals surface area (Å²) in [7, 11) is 0. The number of fused-ring (bicyclic) bond motifs is 1. The van der Waals surface area contributed by atoms with Crippen LogP contribution in [0.2, 0.25) is 5.02 Å². The molecule has 0 bridgehead atoms. The molecule has 9 heteroatoms. The summed E-state index contributed by atoms with van der Waals surface area (Å²) in [5, 5.41) is 3.35. The van der Waals surface area contributed by atoms with Crippen LogP contribution in [0.1, 0.15) is 30.0 Å². The van der Waals surface area contributed by atoms with Gasteiger partial charge in [-0.25, -0.2) is 4.98 Å². The summed E-state index contributed by atoms with van der Waals surface area (Å²) in [6.07, 6.45) is -0.863. The van der Waals surface area contributed by atoms with Gasteiger partial charge in [0.15, 0.2) is 5.69 Å². The number of hydrogen-bond acceptors (Lipinski definition) is 4. The first-order valence-corrected chi connectivity index (χ1v) is 9.39. The lowest BCUT2D eigenvalue weighted by molar-refractivity contribution is -0.139. The lowest BCUT2D eigenvalue weighted by Gasteiger charge is -2.32. The van der Waals surface area contributed by atoms with Crippen LogP contribution in [0.25, 0.3) is 16.8 Å². The maximum Gasteiger partial charge on any atom is 0.435 e. The van der Waals surface area contributed by atoms with Gasteiger partial charge in [0.2, 0.25) is 0 Å². The number of hydrogen-bond donors (Lipinski definition) is 1. The minimum absolute atomic E-state index is 0.00814. The number of pyridine rings is 1. The van der Waals surface area contributed by atoms with E-state index in [-0.39, 0.29) is 22.4 Å². The van der Waals surface area contributed by atoms with Gasteiger partial charge in [0.1, 0.15) is 5.82 Å². The predicted octanol–water partition coefficient (Wildman–Crippen LogP) is 4.96. The molecule has 1 unspecified atom stereocenters. The summed E-state index contributed by atoms with van der Waals surface area (Å²) < 4.78 is 42.4. The minimum Gasteiger partial charge on any atom is -0.294 e. The number of hydrazine groups is 2. The Kier molecular flexibility index (Phi) is 4.80. The molecule has 2 aromatic heterocycles. The molecule has 29 heavy (non-hydrogen) atoms. The van der Waals surface area contributed by atoms with Gasteiger partial charge < -0.3 is 0 Å². The van der Waals surface area contributed by atoms with Gasteiger partial charge in [0.05, 0.1) is 28.8 Å². The number of aromatic nitrogens is 2. The highest BCUT2D eigenvalue weighted by Crippen LogP contribution is 2.41. The quantitative estimate of drug-likeness (QED) is 0.607. The molecule has 1 aliphatic rings. The maximum atomic E-state index is 13.6. The predicted molar refractivity (Wildman–Crippen MR) is 106 cm³/mol. The third-order valence-corrected chi connectivity index (χ3v) is 5.35. The Labute approximate surface area is 170 Å². The molecule has 0 radical (unpaired) electrons. The maximum absolute atomic E-state index is 13.6. The van der Waals surface area contributed by atoms with Crippen molar-refractivity contribution in [3.8, 4) is 11.3 Å². The van der Waals surface area contributed by atoms with E-state index >= 15 is 0 Å². The van der Waals surface area contributed by atoms with E-state index < -0.39 is 11.9 Å². The number of benzene rings is 1. The zero-order valence-corrected chi connectivity index (χ0v) is 16.5. The fraction of sp³-hybridized carbons (Fsp3) is 0.250. The molecule has 4 rings (SSSR count). The van der Waals surface area contributed by atoms with E-state index in [1.807, 2.05) is 54.5 Å². The zero-order chi connectivity index (χ0) is 20.9. The van der Waals surface area contributed by atoms with Crippen molar-refractivity contribution >= 4 is 17.1 Å². The van der Waals surface area contributed by atoms with Gasteiger partial charge in [-0.3, -0.25) is 15.3 Å². The molecule has 1 atom stereocenters. The van der Waals surface area contributed by atoms with Crippen molar-refractivity contribution in [3.63, 3.8) is 0 Å². The normalized spacial score (nSPS) is 16.2. The average Bonchev–Trinajstić information content (AvgIpc) is 3.25. The lowest BCUT2D eigenvalue weighted by Crippen LogP contribution is -2.42. The van der Waals surface area contributed by atoms with E-state index in [4.69, 9.17) is 17.4 Å². The van der Waals surface area contributed by atoms with Crippen molar-refractivity contribution < 1.29 is 13.2 Å². The molecule has 5 nitrogen and oxygen atoms in total. The smallest absolute Gasteiger partial charge is 0.294 e. The Balaban J connectivity index is 2.07. The Bertz CT molecular complexity index is 1090. The highest BCUT2D eigenvalue weighted by Gasteiger charge is 2.38. The van der Waals surface area contributed by atoms with E-state index in [2.05, 4.69) is 4.98 Å². The van der Waals surface area contributed by atoms with Gasteiger partial charge in [-0.1, -0.05) is 41.9 Å². The van der Waals surface area contributed by atoms with Crippen LogP contribution in [0.5, 0.6) is 0 Å². The van der Waals surface area contributed by atoms with Crippen LogP contribution in [0, 0.1) is 6.92 Å². The van der Waals surface area contributed by atoms with Gasteiger partial charge >= 0.3 is 6.18 Å². The monoisotopic (exact) mass is 421 g/mol. The molecule has 1 aliphatic heterocycles. The Morgan fingerprint density at radius 3 is 2.48 bits per heavy atom. The van der Waals surface area contributed by atoms with Gasteiger partial charge in [-0.2, -0.15) is 18.3 Å². The Morgan fingerprint density at radius 1 is 1.21 bits per heavy atom. The summed E-state index contributed by atoms with van der Waals surface area (Å²) in [5.41, 5.74) is 0.972. The van der Waals surface area contributed by atoms with Crippen molar-refractivity contribution in [2.24, 2.45) is 5.84 Å². The van der Waals surface area contributed by atoms with Crippen molar-refractivity contribution in [1.29, 1.82) is 0 Å². The molecule has 2 N–H and O–H groups in total. The molecule has 0 aliphatic carbocycles. The minimum atomic E-state index is -4.62. The van der Waals surface area contributed by atoms with Crippen LogP contribution in [0.4, 0.5) is 13.2 Å². The van der Waals surface area contributed by atoms with E-state index in [1.54, 1.807) is 18.1 Å². The van der Waals surface area contributed by atoms with Crippen molar-refractivity contribution in [2.75, 3.05) is 6.54 Å². The summed E-state index contributed by atoms with van der Waals surface area (Å²) in [6, 6.07) is 10.6. The van der Waals surface area contributed by atoms with Crippen LogP contribution in [0.3, 0.4) is 0 Å². The van der Waals surface area contributed by atoms with Gasteiger partial charge in [-0.05, 0) is 31.6 Å². The lowest BCUT2D eigenvalue weighted by atomic mass is 9.99. The van der Waals surface area contributed by atoms with Gasteiger partial charge in [-0.15, -0.1) is 0 Å². The molecule has 3 heterocycles. The molecule has 0 saturated carbocycles. The number of imidazole rings is 1. The van der Waals surface area contributed by atoms with E-state index in [0.29, 0.717) is 12.2 Å². The zero-order valence-electron chi connectivity index (χ0n) is 15.8. The molecule has 152 valence electrons. The highest BCUT2D eigenvalue weighted by molar-refractivity contribution is 6.34. The molecule has 0 amide bonds. The van der Waals surface area contributed by atoms with Crippen LogP contribution in [0.15, 0.2) is 48.7 Å². The Morgan fingerprint density at radius 2 is 1.90 bits per heavy atom. The first-order valence-electron chi connectivity index (χ1n) is 9.01. The number of alkyl halides is 3. The van der Waals surface area contributed by atoms with E-state index in [9.17, 15) is 13.2 Å². The summed E-state index contributed by atoms with van der Waals surface area (Å²) in [6.45, 7) is 4.02.